The number of ether oxygens (including phenoxy) is 4. The number of carbonyl (C=O) groups is 3. The lowest BCUT2D eigenvalue weighted by Gasteiger charge is -2.25. The highest BCUT2D eigenvalue weighted by molar-refractivity contribution is 5.71. The monoisotopic (exact) mass is 1200 g/mol. The fourth-order valence-electron chi connectivity index (χ4n) is 11.2. The second kappa shape index (κ2) is 67.4. The van der Waals surface area contributed by atoms with Crippen LogP contribution in [0.5, 0.6) is 0 Å². The number of rotatable bonds is 70. The van der Waals surface area contributed by atoms with Gasteiger partial charge in [0.2, 0.25) is 0 Å². The summed E-state index contributed by atoms with van der Waals surface area (Å²) in [5.74, 6) is -1.98. The summed E-state index contributed by atoms with van der Waals surface area (Å²) in [5, 5.41) is 9.76. The number of hydrogen-bond donors (Lipinski definition) is 1. The molecule has 500 valence electrons. The number of esters is 2. The molecule has 0 aliphatic rings. The van der Waals surface area contributed by atoms with Gasteiger partial charge >= 0.3 is 17.9 Å². The fraction of sp³-hybridized carbons (Fsp3) is 0.882. The third-order valence-electron chi connectivity index (χ3n) is 16.9. The smallest absolute Gasteiger partial charge is 0.361 e. The van der Waals surface area contributed by atoms with Crippen LogP contribution < -0.4 is 0 Å². The summed E-state index contributed by atoms with van der Waals surface area (Å²) in [6, 6.07) is 0. The van der Waals surface area contributed by atoms with Crippen LogP contribution in [0.1, 0.15) is 373 Å². The normalized spacial score (nSPS) is 12.8. The summed E-state index contributed by atoms with van der Waals surface area (Å²) < 4.78 is 23.0. The van der Waals surface area contributed by atoms with Crippen LogP contribution in [0.3, 0.4) is 0 Å². The number of nitrogens with zero attached hydrogens (tertiary/aromatic N) is 1. The lowest BCUT2D eigenvalue weighted by atomic mass is 10.0. The first-order valence-corrected chi connectivity index (χ1v) is 37.2. The minimum Gasteiger partial charge on any atom is -0.477 e. The van der Waals surface area contributed by atoms with E-state index in [9.17, 15) is 19.5 Å². The number of carboxylic acids is 1. The molecule has 0 spiro atoms. The molecule has 1 N–H and O–H groups in total. The van der Waals surface area contributed by atoms with Gasteiger partial charge in [-0.3, -0.25) is 9.59 Å². The topological polar surface area (TPSA) is 108 Å². The van der Waals surface area contributed by atoms with Crippen LogP contribution in [0.15, 0.2) is 36.5 Å². The second-order valence-corrected chi connectivity index (χ2v) is 26.6. The number of aliphatic carboxylic acids is 1. The largest absolute Gasteiger partial charge is 0.477 e. The van der Waals surface area contributed by atoms with Crippen molar-refractivity contribution in [1.82, 2.24) is 0 Å². The summed E-state index contributed by atoms with van der Waals surface area (Å²) in [6.07, 6.45) is 82.8. The van der Waals surface area contributed by atoms with Gasteiger partial charge in [0.15, 0.2) is 6.10 Å². The molecule has 0 aromatic carbocycles. The van der Waals surface area contributed by atoms with Gasteiger partial charge in [-0.05, 0) is 51.4 Å². The highest BCUT2D eigenvalue weighted by Gasteiger charge is 2.25. The summed E-state index contributed by atoms with van der Waals surface area (Å²) in [4.78, 5) is 37.7. The highest BCUT2D eigenvalue weighted by atomic mass is 16.7. The molecular weight excluding hydrogens is 1050 g/mol. The first-order valence-electron chi connectivity index (χ1n) is 37.2. The van der Waals surface area contributed by atoms with E-state index in [1.54, 1.807) is 0 Å². The third-order valence-corrected chi connectivity index (χ3v) is 16.9. The summed E-state index contributed by atoms with van der Waals surface area (Å²) >= 11 is 0. The summed E-state index contributed by atoms with van der Waals surface area (Å²) in [7, 11) is 5.99. The lowest BCUT2D eigenvalue weighted by Crippen LogP contribution is -2.40. The Kier molecular flexibility index (Phi) is 65.5. The number of likely N-dealkylation sites (N-methyl/N-ethyl adjacent to an activating group) is 1. The van der Waals surface area contributed by atoms with Gasteiger partial charge in [0.25, 0.3) is 6.29 Å². The Morgan fingerprint density at radius 1 is 0.353 bits per heavy atom. The molecule has 0 saturated heterocycles. The zero-order valence-corrected chi connectivity index (χ0v) is 57.3. The Hall–Kier alpha value is -2.49. The Balaban J connectivity index is 4.04. The van der Waals surface area contributed by atoms with Crippen LogP contribution >= 0.6 is 0 Å². The first kappa shape index (κ1) is 82.5. The van der Waals surface area contributed by atoms with Crippen molar-refractivity contribution in [1.29, 1.82) is 0 Å². The Labute approximate surface area is 528 Å². The molecule has 0 saturated carbocycles. The van der Waals surface area contributed by atoms with Crippen LogP contribution in [0, 0.1) is 0 Å². The lowest BCUT2D eigenvalue weighted by molar-refractivity contribution is -0.870. The third kappa shape index (κ3) is 68.9. The fourth-order valence-corrected chi connectivity index (χ4v) is 11.2. The van der Waals surface area contributed by atoms with Crippen LogP contribution in [-0.2, 0) is 33.3 Å². The predicted octanol–water partition coefficient (Wildman–Crippen LogP) is 23.1. The number of allylic oxidation sites excluding steroid dienone is 6. The molecule has 85 heavy (non-hydrogen) atoms. The van der Waals surface area contributed by atoms with Crippen LogP contribution in [0.2, 0.25) is 0 Å². The van der Waals surface area contributed by atoms with Gasteiger partial charge in [-0.1, -0.05) is 346 Å². The van der Waals surface area contributed by atoms with Crippen molar-refractivity contribution in [3.05, 3.63) is 36.5 Å². The molecule has 0 bridgehead atoms. The average molecular weight is 1200 g/mol. The van der Waals surface area contributed by atoms with Crippen molar-refractivity contribution in [2.24, 2.45) is 0 Å². The molecule has 0 aromatic heterocycles. The number of carbonyl (C=O) groups excluding carboxylic acids is 2. The Bertz CT molecular complexity index is 1490. The summed E-state index contributed by atoms with van der Waals surface area (Å²) in [5.41, 5.74) is 0. The van der Waals surface area contributed by atoms with E-state index < -0.39 is 18.4 Å². The van der Waals surface area contributed by atoms with Crippen molar-refractivity contribution in [2.75, 3.05) is 47.5 Å². The molecule has 2 unspecified atom stereocenters. The Morgan fingerprint density at radius 3 is 0.941 bits per heavy atom. The van der Waals surface area contributed by atoms with E-state index in [-0.39, 0.29) is 38.2 Å². The molecule has 9 nitrogen and oxygen atoms in total. The van der Waals surface area contributed by atoms with Gasteiger partial charge < -0.3 is 28.5 Å². The van der Waals surface area contributed by atoms with Gasteiger partial charge in [0, 0.05) is 12.8 Å². The number of carboxylic acid groups (broad SMARTS) is 1. The van der Waals surface area contributed by atoms with Gasteiger partial charge in [-0.15, -0.1) is 0 Å². The number of unbranched alkanes of at least 4 members (excludes halogenated alkanes) is 49. The van der Waals surface area contributed by atoms with Crippen molar-refractivity contribution < 1.29 is 42.9 Å². The molecule has 0 rings (SSSR count). The number of hydrogen-bond acceptors (Lipinski definition) is 7. The zero-order chi connectivity index (χ0) is 61.9. The van der Waals surface area contributed by atoms with Crippen molar-refractivity contribution >= 4 is 17.9 Å². The predicted molar refractivity (Wildman–Crippen MR) is 364 cm³/mol. The molecular formula is C76H144NO8+. The van der Waals surface area contributed by atoms with Crippen molar-refractivity contribution in [2.45, 2.75) is 386 Å². The van der Waals surface area contributed by atoms with Gasteiger partial charge in [0.1, 0.15) is 13.2 Å². The van der Waals surface area contributed by atoms with E-state index in [0.717, 1.165) is 51.4 Å². The maximum absolute atomic E-state index is 13.0. The minimum absolute atomic E-state index is 0.177. The first-order chi connectivity index (χ1) is 41.6. The Morgan fingerprint density at radius 2 is 0.635 bits per heavy atom. The molecule has 9 heteroatoms. The highest BCUT2D eigenvalue weighted by Crippen LogP contribution is 2.19. The summed E-state index contributed by atoms with van der Waals surface area (Å²) in [6.45, 7) is 4.94. The van der Waals surface area contributed by atoms with E-state index in [1.165, 1.54) is 295 Å². The van der Waals surface area contributed by atoms with Crippen LogP contribution in [0.25, 0.3) is 0 Å². The van der Waals surface area contributed by atoms with Crippen molar-refractivity contribution in [3.63, 3.8) is 0 Å². The van der Waals surface area contributed by atoms with E-state index in [2.05, 4.69) is 50.3 Å². The SMILES string of the molecule is CCCCCCC/C=C\C/C=C\C/C=C\CCCCCCCCCCCCCCCCC(=O)OC(COC(=O)CCCCCCCCCCCCCCCCCCCCCCCCCCCCCCCCC)COC(OCC[N+](C)(C)C)C(=O)O. The molecule has 0 radical (unpaired) electrons. The van der Waals surface area contributed by atoms with Gasteiger partial charge in [-0.2, -0.15) is 0 Å². The van der Waals surface area contributed by atoms with Gasteiger partial charge in [-0.25, -0.2) is 4.79 Å². The average Bonchev–Trinajstić information content (AvgIpc) is 3.48. The molecule has 0 fully saturated rings. The minimum atomic E-state index is -1.51. The van der Waals surface area contributed by atoms with Gasteiger partial charge in [0.05, 0.1) is 34.4 Å². The van der Waals surface area contributed by atoms with E-state index in [4.69, 9.17) is 18.9 Å². The van der Waals surface area contributed by atoms with E-state index in [0.29, 0.717) is 17.4 Å². The molecule has 0 aliphatic carbocycles. The molecule has 2 atom stereocenters. The maximum atomic E-state index is 13.0. The molecule has 0 amide bonds. The molecule has 0 heterocycles. The van der Waals surface area contributed by atoms with Crippen LogP contribution in [-0.4, -0.2) is 87.4 Å². The molecule has 0 aromatic rings. The quantitative estimate of drug-likeness (QED) is 0.0211. The second-order valence-electron chi connectivity index (χ2n) is 26.6. The van der Waals surface area contributed by atoms with Crippen molar-refractivity contribution in [3.8, 4) is 0 Å². The number of quaternary nitrogens is 1. The zero-order valence-electron chi connectivity index (χ0n) is 57.3. The van der Waals surface area contributed by atoms with Crippen LogP contribution in [0.4, 0.5) is 0 Å². The standard InChI is InChI=1S/C76H143NO8/c1-6-8-10-12-14-16-18-20-22-24-26-28-30-32-34-36-37-39-40-42-44-46-48-50-52-54-56-58-60-62-64-66-73(78)83-70-72(71-84-76(75(80)81)82-69-68-77(3,4)5)85-74(79)67-65-63-61-59-57-55-53-51-49-47-45-43-41-38-35-33-31-29-27-25-23-21-19-17-15-13-11-9-7-2/h19,21,25,27,31,33,72,76H,6-18,20,22-24,26,28-30,32,34-71H2,1-5H3/p+1/b21-19-,27-25-,33-31-. The van der Waals surface area contributed by atoms with E-state index in [1.807, 2.05) is 21.1 Å². The molecule has 0 aliphatic heterocycles. The maximum Gasteiger partial charge on any atom is 0.361 e. The van der Waals surface area contributed by atoms with E-state index >= 15 is 0 Å².